The quantitative estimate of drug-likeness (QED) is 0.623. The first-order chi connectivity index (χ1) is 10.1. The Bertz CT molecular complexity index is 641. The van der Waals surface area contributed by atoms with Crippen molar-refractivity contribution in [1.82, 2.24) is 4.98 Å². The van der Waals surface area contributed by atoms with E-state index in [0.29, 0.717) is 17.1 Å². The number of nitrogens with zero attached hydrogens (tertiary/aromatic N) is 1. The van der Waals surface area contributed by atoms with Crippen molar-refractivity contribution in [1.29, 1.82) is 0 Å². The minimum absolute atomic E-state index is 0.0958. The molecule has 0 N–H and O–H groups in total. The molecular formula is C17H17NO3. The van der Waals surface area contributed by atoms with E-state index in [1.807, 2.05) is 19.1 Å². The van der Waals surface area contributed by atoms with Crippen LogP contribution < -0.4 is 9.47 Å². The number of carbonyl (C=O) groups excluding carboxylic acids is 1. The topological polar surface area (TPSA) is 48.4 Å². The lowest BCUT2D eigenvalue weighted by atomic mass is 10.0. The highest BCUT2D eigenvalue weighted by Gasteiger charge is 2.08. The van der Waals surface area contributed by atoms with Gasteiger partial charge in [-0.25, -0.2) is 0 Å². The second-order valence-corrected chi connectivity index (χ2v) is 4.53. The molecule has 4 heteroatoms. The van der Waals surface area contributed by atoms with Crippen molar-refractivity contribution in [3.63, 3.8) is 0 Å². The van der Waals surface area contributed by atoms with E-state index in [-0.39, 0.29) is 5.78 Å². The van der Waals surface area contributed by atoms with E-state index in [4.69, 9.17) is 9.47 Å². The van der Waals surface area contributed by atoms with Gasteiger partial charge in [-0.2, -0.15) is 0 Å². The van der Waals surface area contributed by atoms with E-state index in [1.165, 1.54) is 0 Å². The third-order valence-electron chi connectivity index (χ3n) is 3.12. The van der Waals surface area contributed by atoms with Crippen molar-refractivity contribution in [2.45, 2.75) is 6.92 Å². The molecule has 0 saturated heterocycles. The maximum absolute atomic E-state index is 12.4. The first kappa shape index (κ1) is 14.8. The van der Waals surface area contributed by atoms with Crippen LogP contribution in [0.4, 0.5) is 0 Å². The number of rotatable bonds is 5. The Kier molecular flexibility index (Phi) is 4.72. The van der Waals surface area contributed by atoms with Crippen LogP contribution in [0.2, 0.25) is 0 Å². The first-order valence-corrected chi connectivity index (χ1v) is 6.50. The zero-order valence-corrected chi connectivity index (χ0v) is 12.3. The monoisotopic (exact) mass is 283 g/mol. The van der Waals surface area contributed by atoms with E-state index in [9.17, 15) is 4.79 Å². The maximum atomic E-state index is 12.4. The molecule has 0 radical (unpaired) electrons. The molecule has 1 aromatic heterocycles. The van der Waals surface area contributed by atoms with Gasteiger partial charge < -0.3 is 9.47 Å². The summed E-state index contributed by atoms with van der Waals surface area (Å²) >= 11 is 0. The predicted molar refractivity (Wildman–Crippen MR) is 81.8 cm³/mol. The molecule has 1 heterocycles. The average molecular weight is 283 g/mol. The molecule has 108 valence electrons. The van der Waals surface area contributed by atoms with Crippen molar-refractivity contribution in [3.05, 3.63) is 59.9 Å². The molecule has 2 aromatic rings. The number of aromatic nitrogens is 1. The Balaban J connectivity index is 2.32. The molecule has 0 aliphatic rings. The van der Waals surface area contributed by atoms with Gasteiger partial charge in [-0.1, -0.05) is 0 Å². The summed E-state index contributed by atoms with van der Waals surface area (Å²) in [6.45, 7) is 1.89. The molecule has 0 fully saturated rings. The van der Waals surface area contributed by atoms with Crippen molar-refractivity contribution in [3.8, 4) is 11.5 Å². The lowest BCUT2D eigenvalue weighted by Crippen LogP contribution is -1.98. The third-order valence-corrected chi connectivity index (χ3v) is 3.12. The summed E-state index contributed by atoms with van der Waals surface area (Å²) in [4.78, 5) is 16.3. The Morgan fingerprint density at radius 3 is 2.10 bits per heavy atom. The van der Waals surface area contributed by atoms with Crippen molar-refractivity contribution >= 4 is 11.4 Å². The van der Waals surface area contributed by atoms with Crippen LogP contribution in [-0.2, 0) is 0 Å². The molecule has 0 amide bonds. The minimum Gasteiger partial charge on any atom is -0.497 e. The van der Waals surface area contributed by atoms with Crippen LogP contribution in [-0.4, -0.2) is 25.0 Å². The fourth-order valence-electron chi connectivity index (χ4n) is 1.93. The summed E-state index contributed by atoms with van der Waals surface area (Å²) in [5, 5.41) is 0. The van der Waals surface area contributed by atoms with Crippen LogP contribution in [0.15, 0.2) is 48.8 Å². The summed E-state index contributed by atoms with van der Waals surface area (Å²) in [6, 6.07) is 8.86. The van der Waals surface area contributed by atoms with Crippen molar-refractivity contribution in [2.75, 3.05) is 14.2 Å². The summed E-state index contributed by atoms with van der Waals surface area (Å²) in [7, 11) is 3.11. The van der Waals surface area contributed by atoms with Gasteiger partial charge in [0.25, 0.3) is 0 Å². The summed E-state index contributed by atoms with van der Waals surface area (Å²) in [6.07, 6.45) is 5.00. The van der Waals surface area contributed by atoms with E-state index in [0.717, 1.165) is 11.1 Å². The minimum atomic E-state index is -0.0958. The molecule has 21 heavy (non-hydrogen) atoms. The first-order valence-electron chi connectivity index (χ1n) is 6.50. The number of ketones is 1. The fourth-order valence-corrected chi connectivity index (χ4v) is 1.93. The summed E-state index contributed by atoms with van der Waals surface area (Å²) in [5.41, 5.74) is 2.37. The largest absolute Gasteiger partial charge is 0.497 e. The van der Waals surface area contributed by atoms with Gasteiger partial charge in [-0.15, -0.1) is 0 Å². The maximum Gasteiger partial charge on any atom is 0.186 e. The Labute approximate surface area is 124 Å². The van der Waals surface area contributed by atoms with E-state index in [1.54, 1.807) is 50.9 Å². The van der Waals surface area contributed by atoms with Crippen LogP contribution >= 0.6 is 0 Å². The molecule has 0 aliphatic carbocycles. The van der Waals surface area contributed by atoms with Gasteiger partial charge in [-0.05, 0) is 48.4 Å². The highest BCUT2D eigenvalue weighted by atomic mass is 16.5. The molecule has 0 unspecified atom stereocenters. The zero-order valence-electron chi connectivity index (χ0n) is 12.3. The van der Waals surface area contributed by atoms with Crippen LogP contribution in [0.5, 0.6) is 11.5 Å². The van der Waals surface area contributed by atoms with E-state index < -0.39 is 0 Å². The van der Waals surface area contributed by atoms with Crippen LogP contribution in [0, 0.1) is 0 Å². The third kappa shape index (κ3) is 3.69. The number of hydrogen-bond acceptors (Lipinski definition) is 4. The van der Waals surface area contributed by atoms with Crippen molar-refractivity contribution < 1.29 is 14.3 Å². The lowest BCUT2D eigenvalue weighted by molar-refractivity contribution is 0.104. The number of pyridine rings is 1. The number of benzene rings is 1. The Hall–Kier alpha value is -2.62. The number of allylic oxidation sites excluding steroid dienone is 2. The zero-order chi connectivity index (χ0) is 15.2. The van der Waals surface area contributed by atoms with Gasteiger partial charge >= 0.3 is 0 Å². The standard InChI is InChI=1S/C17H17NO3/c1-12(13-4-6-18-7-5-13)8-17(19)14-9-15(20-2)11-16(10-14)21-3/h4-11H,1-3H3. The number of carbonyl (C=O) groups is 1. The lowest BCUT2D eigenvalue weighted by Gasteiger charge is -2.07. The van der Waals surface area contributed by atoms with Crippen LogP contribution in [0.1, 0.15) is 22.8 Å². The second-order valence-electron chi connectivity index (χ2n) is 4.53. The van der Waals surface area contributed by atoms with E-state index >= 15 is 0 Å². The van der Waals surface area contributed by atoms with Gasteiger partial charge in [0.05, 0.1) is 14.2 Å². The number of ether oxygens (including phenoxy) is 2. The normalized spacial score (nSPS) is 11.1. The van der Waals surface area contributed by atoms with Crippen LogP contribution in [0.3, 0.4) is 0 Å². The molecule has 0 atom stereocenters. The van der Waals surface area contributed by atoms with Gasteiger partial charge in [0.15, 0.2) is 5.78 Å². The van der Waals surface area contributed by atoms with Gasteiger partial charge in [0, 0.05) is 24.0 Å². The SMILES string of the molecule is COc1cc(OC)cc(C(=O)C=C(C)c2ccncc2)c1. The number of hydrogen-bond donors (Lipinski definition) is 0. The molecule has 0 bridgehead atoms. The van der Waals surface area contributed by atoms with Gasteiger partial charge in [-0.3, -0.25) is 9.78 Å². The van der Waals surface area contributed by atoms with E-state index in [2.05, 4.69) is 4.98 Å². The molecule has 0 spiro atoms. The van der Waals surface area contributed by atoms with Gasteiger partial charge in [0.2, 0.25) is 0 Å². The molecule has 4 nitrogen and oxygen atoms in total. The number of methoxy groups -OCH3 is 2. The van der Waals surface area contributed by atoms with Crippen molar-refractivity contribution in [2.24, 2.45) is 0 Å². The van der Waals surface area contributed by atoms with Crippen LogP contribution in [0.25, 0.3) is 5.57 Å². The fraction of sp³-hybridized carbons (Fsp3) is 0.176. The molecular weight excluding hydrogens is 266 g/mol. The Morgan fingerprint density at radius 1 is 1.00 bits per heavy atom. The van der Waals surface area contributed by atoms with Gasteiger partial charge in [0.1, 0.15) is 11.5 Å². The second kappa shape index (κ2) is 6.70. The average Bonchev–Trinajstić information content (AvgIpc) is 2.54. The molecule has 0 aliphatic heterocycles. The molecule has 1 aromatic carbocycles. The summed E-state index contributed by atoms with van der Waals surface area (Å²) in [5.74, 6) is 1.09. The summed E-state index contributed by atoms with van der Waals surface area (Å²) < 4.78 is 10.4. The highest BCUT2D eigenvalue weighted by Crippen LogP contribution is 2.24. The molecule has 0 saturated carbocycles. The smallest absolute Gasteiger partial charge is 0.186 e. The highest BCUT2D eigenvalue weighted by molar-refractivity contribution is 6.08. The molecule has 2 rings (SSSR count). The Morgan fingerprint density at radius 2 is 1.57 bits per heavy atom. The predicted octanol–water partition coefficient (Wildman–Crippen LogP) is 3.39.